The molecular weight excluding hydrogens is 821 g/mol. The zero-order chi connectivity index (χ0) is 46.4. The first-order valence-electron chi connectivity index (χ1n) is 24.2. The maximum absolute atomic E-state index is 2.47. The first-order chi connectivity index (χ1) is 33.3. The minimum absolute atomic E-state index is 0.0908. The number of benzene rings is 10. The smallest absolute Gasteiger partial charge is 0.0714 e. The van der Waals surface area contributed by atoms with Crippen molar-refractivity contribution in [2.24, 2.45) is 0 Å². The van der Waals surface area contributed by atoms with Crippen LogP contribution in [0.15, 0.2) is 237 Å². The monoisotopic (exact) mass is 876 g/mol. The van der Waals surface area contributed by atoms with E-state index in [2.05, 4.69) is 281 Å². The molecular formula is C66H56N2. The minimum atomic E-state index is -0.467. The predicted octanol–water partition coefficient (Wildman–Crippen LogP) is 18.2. The van der Waals surface area contributed by atoms with Crippen molar-refractivity contribution in [3.05, 3.63) is 264 Å². The molecule has 0 spiro atoms. The van der Waals surface area contributed by atoms with Crippen molar-refractivity contribution in [3.8, 4) is 27.9 Å². The van der Waals surface area contributed by atoms with Crippen molar-refractivity contribution in [2.75, 3.05) is 4.90 Å². The van der Waals surface area contributed by atoms with Crippen LogP contribution in [0.25, 0.3) is 60.5 Å². The number of hydrogen-bond acceptors (Lipinski definition) is 1. The van der Waals surface area contributed by atoms with E-state index in [9.17, 15) is 0 Å². The van der Waals surface area contributed by atoms with E-state index in [1.807, 2.05) is 0 Å². The number of rotatable bonds is 7. The Hall–Kier alpha value is -7.94. The number of nitrogens with zero attached hydrogens (tertiary/aromatic N) is 2. The first kappa shape index (κ1) is 42.7. The largest absolute Gasteiger partial charge is 0.310 e. The van der Waals surface area contributed by atoms with Crippen LogP contribution in [-0.4, -0.2) is 4.57 Å². The molecule has 1 aromatic heterocycles. The highest BCUT2D eigenvalue weighted by Gasteiger charge is 2.46. The summed E-state index contributed by atoms with van der Waals surface area (Å²) in [5.74, 6) is 0. The second kappa shape index (κ2) is 17.4. The molecule has 0 N–H and O–H groups in total. The average molecular weight is 877 g/mol. The lowest BCUT2D eigenvalue weighted by Gasteiger charge is -2.34. The molecule has 0 fully saturated rings. The van der Waals surface area contributed by atoms with Crippen molar-refractivity contribution < 1.29 is 0 Å². The third-order valence-electron chi connectivity index (χ3n) is 13.8. The fraction of sp³-hybridized carbons (Fsp3) is 0.121. The van der Waals surface area contributed by atoms with Gasteiger partial charge >= 0.3 is 0 Å². The van der Waals surface area contributed by atoms with Gasteiger partial charge in [0, 0.05) is 33.5 Å². The lowest BCUT2D eigenvalue weighted by atomic mass is 9.67. The van der Waals surface area contributed by atoms with Crippen LogP contribution in [0.2, 0.25) is 0 Å². The topological polar surface area (TPSA) is 8.17 Å². The van der Waals surface area contributed by atoms with Gasteiger partial charge in [0.25, 0.3) is 0 Å². The summed E-state index contributed by atoms with van der Waals surface area (Å²) in [6, 6.07) is 87.6. The SMILES string of the molecule is CC(C)(C)c1ccc(N(c2ccccc2)c2ccc3cc(-c4ccc5c(c4)c4ccccc4n5-c4ccc5c(c4)C(c4ccccc4)(c4ccccc4)c4ccccc4-5)ccc3c2)cc1.CCC. The number of aromatic nitrogens is 1. The van der Waals surface area contributed by atoms with E-state index < -0.39 is 5.41 Å². The number of para-hydroxylation sites is 2. The fourth-order valence-corrected chi connectivity index (χ4v) is 10.7. The van der Waals surface area contributed by atoms with Crippen molar-refractivity contribution in [2.45, 2.75) is 51.9 Å². The maximum atomic E-state index is 2.47. The van der Waals surface area contributed by atoms with Crippen molar-refractivity contribution in [1.82, 2.24) is 4.57 Å². The van der Waals surface area contributed by atoms with Crippen molar-refractivity contribution >= 4 is 49.6 Å². The van der Waals surface area contributed by atoms with Gasteiger partial charge in [0.05, 0.1) is 16.4 Å². The van der Waals surface area contributed by atoms with Gasteiger partial charge in [0.1, 0.15) is 0 Å². The maximum Gasteiger partial charge on any atom is 0.0714 e. The molecule has 1 aliphatic carbocycles. The normalized spacial score (nSPS) is 12.7. The van der Waals surface area contributed by atoms with Crippen LogP contribution >= 0.6 is 0 Å². The Kier molecular flexibility index (Phi) is 10.9. The molecule has 0 radical (unpaired) electrons. The van der Waals surface area contributed by atoms with Gasteiger partial charge in [-0.05, 0) is 139 Å². The average Bonchev–Trinajstić information content (AvgIpc) is 3.87. The van der Waals surface area contributed by atoms with Crippen LogP contribution in [0.5, 0.6) is 0 Å². The molecule has 11 aromatic rings. The van der Waals surface area contributed by atoms with Gasteiger partial charge in [-0.15, -0.1) is 0 Å². The summed E-state index contributed by atoms with van der Waals surface area (Å²) < 4.78 is 2.47. The number of anilines is 3. The van der Waals surface area contributed by atoms with Gasteiger partial charge in [-0.2, -0.15) is 0 Å². The molecule has 1 heterocycles. The molecule has 0 aliphatic heterocycles. The van der Waals surface area contributed by atoms with Gasteiger partial charge in [0.15, 0.2) is 0 Å². The van der Waals surface area contributed by atoms with Gasteiger partial charge in [-0.1, -0.05) is 205 Å². The highest BCUT2D eigenvalue weighted by atomic mass is 15.1. The zero-order valence-electron chi connectivity index (χ0n) is 39.6. The van der Waals surface area contributed by atoms with E-state index in [1.165, 1.54) is 89.1 Å². The number of fused-ring (bicyclic) bond motifs is 7. The van der Waals surface area contributed by atoms with Crippen molar-refractivity contribution in [1.29, 1.82) is 0 Å². The van der Waals surface area contributed by atoms with E-state index in [-0.39, 0.29) is 5.41 Å². The summed E-state index contributed by atoms with van der Waals surface area (Å²) >= 11 is 0. The molecule has 0 saturated heterocycles. The van der Waals surface area contributed by atoms with E-state index in [0.29, 0.717) is 0 Å². The number of hydrogen-bond donors (Lipinski definition) is 0. The summed E-state index contributed by atoms with van der Waals surface area (Å²) in [6.07, 6.45) is 1.25. The van der Waals surface area contributed by atoms with E-state index in [0.717, 1.165) is 22.7 Å². The molecule has 0 saturated carbocycles. The highest BCUT2D eigenvalue weighted by molar-refractivity contribution is 6.11. The Morgan fingerprint density at radius 2 is 0.941 bits per heavy atom. The summed E-state index contributed by atoms with van der Waals surface area (Å²) in [7, 11) is 0. The predicted molar refractivity (Wildman–Crippen MR) is 290 cm³/mol. The summed E-state index contributed by atoms with van der Waals surface area (Å²) in [6.45, 7) is 11.0. The van der Waals surface area contributed by atoms with Crippen LogP contribution in [0.1, 0.15) is 68.9 Å². The molecule has 0 bridgehead atoms. The third kappa shape index (κ3) is 7.20. The van der Waals surface area contributed by atoms with E-state index >= 15 is 0 Å². The van der Waals surface area contributed by atoms with Gasteiger partial charge in [-0.25, -0.2) is 0 Å². The fourth-order valence-electron chi connectivity index (χ4n) is 10.7. The molecule has 10 aromatic carbocycles. The summed E-state index contributed by atoms with van der Waals surface area (Å²) in [5.41, 5.74) is 18.1. The van der Waals surface area contributed by atoms with Crippen LogP contribution in [0.4, 0.5) is 17.1 Å². The molecule has 330 valence electrons. The molecule has 0 amide bonds. The summed E-state index contributed by atoms with van der Waals surface area (Å²) in [4.78, 5) is 2.35. The molecule has 0 unspecified atom stereocenters. The van der Waals surface area contributed by atoms with Gasteiger partial charge < -0.3 is 9.47 Å². The minimum Gasteiger partial charge on any atom is -0.310 e. The first-order valence-corrected chi connectivity index (χ1v) is 24.2. The van der Waals surface area contributed by atoms with Crippen molar-refractivity contribution in [3.63, 3.8) is 0 Å². The Labute approximate surface area is 401 Å². The summed E-state index contributed by atoms with van der Waals surface area (Å²) in [5, 5.41) is 4.90. The Bertz CT molecular complexity index is 3540. The van der Waals surface area contributed by atoms with Crippen LogP contribution in [0.3, 0.4) is 0 Å². The molecule has 0 atom stereocenters. The van der Waals surface area contributed by atoms with Crippen LogP contribution < -0.4 is 4.90 Å². The molecule has 12 rings (SSSR count). The Morgan fingerprint density at radius 3 is 1.65 bits per heavy atom. The molecule has 68 heavy (non-hydrogen) atoms. The zero-order valence-corrected chi connectivity index (χ0v) is 39.6. The second-order valence-corrected chi connectivity index (χ2v) is 19.3. The Balaban J connectivity index is 0.00000165. The lowest BCUT2D eigenvalue weighted by molar-refractivity contribution is 0.590. The third-order valence-corrected chi connectivity index (χ3v) is 13.8. The molecule has 2 heteroatoms. The second-order valence-electron chi connectivity index (χ2n) is 19.3. The van der Waals surface area contributed by atoms with Crippen LogP contribution in [-0.2, 0) is 10.8 Å². The van der Waals surface area contributed by atoms with Gasteiger partial charge in [-0.3, -0.25) is 0 Å². The Morgan fingerprint density at radius 1 is 0.412 bits per heavy atom. The molecule has 1 aliphatic rings. The van der Waals surface area contributed by atoms with Gasteiger partial charge in [0.2, 0.25) is 0 Å². The molecule has 2 nitrogen and oxygen atoms in total. The van der Waals surface area contributed by atoms with Crippen LogP contribution in [0, 0.1) is 0 Å². The quantitative estimate of drug-likeness (QED) is 0.155. The van der Waals surface area contributed by atoms with E-state index in [1.54, 1.807) is 0 Å². The highest BCUT2D eigenvalue weighted by Crippen LogP contribution is 2.56. The lowest BCUT2D eigenvalue weighted by Crippen LogP contribution is -2.28. The van der Waals surface area contributed by atoms with E-state index in [4.69, 9.17) is 0 Å². The standard InChI is InChI=1S/C63H48N2.C3H8/c1-62(2,3)47-31-34-51(35-32-47)64(50-21-11-6-12-22-50)52-33-29-44-39-43(27-28-45(44)40-52)46-30-38-61-57(41-46)56-24-14-16-26-60(56)65(61)53-36-37-55-54-23-13-15-25-58(54)63(59(55)42-53,48-17-7-4-8-18-48)49-19-9-5-10-20-49;1-3-2/h4-42H,1-3H3;3H2,1-2H3.